The number of halogens is 1. The summed E-state index contributed by atoms with van der Waals surface area (Å²) in [5.74, 6) is -0.357. The molecular formula is C13H17ClO4. The molecule has 0 N–H and O–H groups in total. The van der Waals surface area contributed by atoms with E-state index in [2.05, 4.69) is 4.74 Å². The summed E-state index contributed by atoms with van der Waals surface area (Å²) in [6.45, 7) is 3.29. The number of ether oxygens (including phenoxy) is 2. The van der Waals surface area contributed by atoms with Crippen LogP contribution in [0.25, 0.3) is 0 Å². The van der Waals surface area contributed by atoms with Gasteiger partial charge >= 0.3 is 5.97 Å². The molecule has 0 fully saturated rings. The van der Waals surface area contributed by atoms with E-state index in [0.29, 0.717) is 10.6 Å². The number of hydrogen-bond donors (Lipinski definition) is 0. The van der Waals surface area contributed by atoms with Crippen LogP contribution in [0.15, 0.2) is 12.1 Å². The molecule has 4 nitrogen and oxygen atoms in total. The Morgan fingerprint density at radius 2 is 1.94 bits per heavy atom. The molecule has 100 valence electrons. The van der Waals surface area contributed by atoms with Crippen LogP contribution in [0.4, 0.5) is 0 Å². The lowest BCUT2D eigenvalue weighted by atomic mass is 10.1. The van der Waals surface area contributed by atoms with Crippen molar-refractivity contribution >= 4 is 23.9 Å². The molecule has 1 aromatic rings. The summed E-state index contributed by atoms with van der Waals surface area (Å²) in [7, 11) is 3.25. The summed E-state index contributed by atoms with van der Waals surface area (Å²) in [4.78, 5) is 21.2. The van der Waals surface area contributed by atoms with Crippen LogP contribution in [0, 0.1) is 6.92 Å². The minimum absolute atomic E-state index is 0.138. The Morgan fingerprint density at radius 3 is 2.33 bits per heavy atom. The van der Waals surface area contributed by atoms with E-state index >= 15 is 0 Å². The van der Waals surface area contributed by atoms with Crippen molar-refractivity contribution in [1.29, 1.82) is 0 Å². The van der Waals surface area contributed by atoms with E-state index in [1.807, 2.05) is 6.92 Å². The molecular weight excluding hydrogens is 256 g/mol. The van der Waals surface area contributed by atoms with Crippen molar-refractivity contribution in [3.05, 3.63) is 33.8 Å². The highest BCUT2D eigenvalue weighted by molar-refractivity contribution is 6.31. The van der Waals surface area contributed by atoms with E-state index in [4.69, 9.17) is 16.3 Å². The van der Waals surface area contributed by atoms with Gasteiger partial charge in [0.25, 0.3) is 0 Å². The number of aldehydes is 1. The Morgan fingerprint density at radius 1 is 1.39 bits per heavy atom. The number of rotatable bonds is 3. The quantitative estimate of drug-likeness (QED) is 0.627. The van der Waals surface area contributed by atoms with Crippen molar-refractivity contribution in [2.75, 3.05) is 14.2 Å². The monoisotopic (exact) mass is 272 g/mol. The Hall–Kier alpha value is -1.39. The molecule has 5 heteroatoms. The first-order chi connectivity index (χ1) is 8.46. The molecule has 0 aromatic heterocycles. The van der Waals surface area contributed by atoms with Gasteiger partial charge in [0.05, 0.1) is 0 Å². The van der Waals surface area contributed by atoms with Crippen LogP contribution in [-0.4, -0.2) is 26.5 Å². The third kappa shape index (κ3) is 5.80. The van der Waals surface area contributed by atoms with Crippen LogP contribution in [-0.2, 0) is 20.9 Å². The van der Waals surface area contributed by atoms with Crippen LogP contribution >= 0.6 is 11.6 Å². The Kier molecular flexibility index (Phi) is 8.00. The fourth-order valence-electron chi connectivity index (χ4n) is 1.23. The summed E-state index contributed by atoms with van der Waals surface area (Å²) in [5.41, 5.74) is 2.09. The predicted molar refractivity (Wildman–Crippen MR) is 70.0 cm³/mol. The van der Waals surface area contributed by atoms with Crippen molar-refractivity contribution in [2.24, 2.45) is 0 Å². The molecule has 1 rings (SSSR count). The third-order valence-corrected chi connectivity index (χ3v) is 2.33. The van der Waals surface area contributed by atoms with Crippen molar-refractivity contribution in [3.8, 4) is 0 Å². The third-order valence-electron chi connectivity index (χ3n) is 2.00. The highest BCUT2D eigenvalue weighted by atomic mass is 35.5. The molecule has 0 atom stereocenters. The molecule has 0 spiro atoms. The molecule has 0 saturated heterocycles. The topological polar surface area (TPSA) is 52.6 Å². The van der Waals surface area contributed by atoms with Gasteiger partial charge in [-0.3, -0.25) is 9.59 Å². The smallest absolute Gasteiger partial charge is 0.302 e. The van der Waals surface area contributed by atoms with Gasteiger partial charge in [0.1, 0.15) is 12.9 Å². The van der Waals surface area contributed by atoms with E-state index in [1.54, 1.807) is 26.4 Å². The Labute approximate surface area is 112 Å². The first-order valence-electron chi connectivity index (χ1n) is 5.24. The molecule has 0 aliphatic carbocycles. The standard InChI is InChI=1S/C11H11ClO3.C2H6O/c1-7-3-9(5-13)4-11(12)10(7)6-15-8(2)14;1-3-2/h3-5H,6H2,1-2H3;1-2H3. The molecule has 0 amide bonds. The first kappa shape index (κ1) is 16.6. The summed E-state index contributed by atoms with van der Waals surface area (Å²) in [6.07, 6.45) is 0.731. The maximum absolute atomic E-state index is 10.6. The maximum atomic E-state index is 10.6. The number of aryl methyl sites for hydroxylation is 1. The number of hydrogen-bond acceptors (Lipinski definition) is 4. The maximum Gasteiger partial charge on any atom is 0.302 e. The number of carbonyl (C=O) groups excluding carboxylic acids is 2. The molecule has 0 radical (unpaired) electrons. The Bertz CT molecular complexity index is 392. The van der Waals surface area contributed by atoms with E-state index in [9.17, 15) is 9.59 Å². The van der Waals surface area contributed by atoms with Gasteiger partial charge in [-0.25, -0.2) is 0 Å². The van der Waals surface area contributed by atoms with E-state index in [-0.39, 0.29) is 12.6 Å². The summed E-state index contributed by atoms with van der Waals surface area (Å²) in [5, 5.41) is 0.443. The highest BCUT2D eigenvalue weighted by Gasteiger charge is 2.07. The fourth-order valence-corrected chi connectivity index (χ4v) is 1.55. The van der Waals surface area contributed by atoms with Crippen molar-refractivity contribution in [2.45, 2.75) is 20.5 Å². The SMILES string of the molecule is CC(=O)OCc1c(C)cc(C=O)cc1Cl.COC. The van der Waals surface area contributed by atoms with Gasteiger partial charge in [-0.2, -0.15) is 0 Å². The summed E-state index contributed by atoms with van der Waals surface area (Å²) >= 11 is 5.95. The van der Waals surface area contributed by atoms with Crippen LogP contribution in [0.3, 0.4) is 0 Å². The lowest BCUT2D eigenvalue weighted by molar-refractivity contribution is -0.142. The lowest BCUT2D eigenvalue weighted by Gasteiger charge is -2.09. The number of carbonyl (C=O) groups is 2. The summed E-state index contributed by atoms with van der Waals surface area (Å²) < 4.78 is 9.10. The lowest BCUT2D eigenvalue weighted by Crippen LogP contribution is -2.02. The average molecular weight is 273 g/mol. The van der Waals surface area contributed by atoms with Crippen LogP contribution in [0.2, 0.25) is 5.02 Å². The van der Waals surface area contributed by atoms with Crippen LogP contribution in [0.1, 0.15) is 28.4 Å². The second-order valence-corrected chi connectivity index (χ2v) is 4.01. The number of esters is 1. The normalized spacial score (nSPS) is 9.17. The van der Waals surface area contributed by atoms with Crippen LogP contribution < -0.4 is 0 Å². The van der Waals surface area contributed by atoms with Gasteiger partial charge < -0.3 is 9.47 Å². The molecule has 0 aliphatic rings. The molecule has 0 unspecified atom stereocenters. The van der Waals surface area contributed by atoms with Gasteiger partial charge in [0.2, 0.25) is 0 Å². The minimum Gasteiger partial charge on any atom is -0.461 e. The van der Waals surface area contributed by atoms with E-state index in [1.165, 1.54) is 6.92 Å². The van der Waals surface area contributed by atoms with Gasteiger partial charge in [-0.05, 0) is 24.6 Å². The zero-order chi connectivity index (χ0) is 14.1. The second kappa shape index (κ2) is 8.66. The van der Waals surface area contributed by atoms with Crippen molar-refractivity contribution < 1.29 is 19.1 Å². The van der Waals surface area contributed by atoms with Gasteiger partial charge in [-0.15, -0.1) is 0 Å². The Balaban J connectivity index is 0.000000873. The molecule has 0 saturated carbocycles. The van der Waals surface area contributed by atoms with E-state index < -0.39 is 0 Å². The van der Waals surface area contributed by atoms with Gasteiger partial charge in [0.15, 0.2) is 0 Å². The van der Waals surface area contributed by atoms with Gasteiger partial charge in [0, 0.05) is 37.3 Å². The van der Waals surface area contributed by atoms with Gasteiger partial charge in [-0.1, -0.05) is 11.6 Å². The predicted octanol–water partition coefficient (Wildman–Crippen LogP) is 2.79. The molecule has 0 heterocycles. The molecule has 1 aromatic carbocycles. The number of methoxy groups -OCH3 is 1. The zero-order valence-corrected chi connectivity index (χ0v) is 11.7. The summed E-state index contributed by atoms with van der Waals surface area (Å²) in [6, 6.07) is 3.26. The zero-order valence-electron chi connectivity index (χ0n) is 11.0. The molecule has 0 bridgehead atoms. The average Bonchev–Trinajstić information content (AvgIpc) is 2.28. The largest absolute Gasteiger partial charge is 0.461 e. The van der Waals surface area contributed by atoms with E-state index in [0.717, 1.165) is 17.4 Å². The second-order valence-electron chi connectivity index (χ2n) is 3.60. The highest BCUT2D eigenvalue weighted by Crippen LogP contribution is 2.22. The van der Waals surface area contributed by atoms with Crippen molar-refractivity contribution in [1.82, 2.24) is 0 Å². The molecule has 0 aliphatic heterocycles. The number of benzene rings is 1. The molecule has 18 heavy (non-hydrogen) atoms. The first-order valence-corrected chi connectivity index (χ1v) is 5.61. The minimum atomic E-state index is -0.357. The van der Waals surface area contributed by atoms with Crippen molar-refractivity contribution in [3.63, 3.8) is 0 Å². The fraction of sp³-hybridized carbons (Fsp3) is 0.385. The van der Waals surface area contributed by atoms with Crippen LogP contribution in [0.5, 0.6) is 0 Å².